The van der Waals surface area contributed by atoms with Gasteiger partial charge in [0.15, 0.2) is 17.4 Å². The third kappa shape index (κ3) is 2.48. The summed E-state index contributed by atoms with van der Waals surface area (Å²) in [6.07, 6.45) is 5.19. The van der Waals surface area contributed by atoms with E-state index in [4.69, 9.17) is 4.74 Å². The average molecular weight is 238 g/mol. The Balaban J connectivity index is 2.29. The van der Waals surface area contributed by atoms with Gasteiger partial charge in [-0.2, -0.15) is 0 Å². The number of benzene rings is 1. The molecular weight excluding hydrogens is 222 g/mol. The van der Waals surface area contributed by atoms with Gasteiger partial charge < -0.3 is 4.74 Å². The first-order valence-electron chi connectivity index (χ1n) is 5.84. The molecule has 0 radical (unpaired) electrons. The predicted octanol–water partition coefficient (Wildman–Crippen LogP) is 4.32. The molecule has 0 N–H and O–H groups in total. The molecule has 1 nitrogen and oxygen atoms in total. The molecule has 0 bridgehead atoms. The first-order chi connectivity index (χ1) is 8.04. The van der Waals surface area contributed by atoms with Gasteiger partial charge in [0.05, 0.1) is 0 Å². The summed E-state index contributed by atoms with van der Waals surface area (Å²) in [7, 11) is 0. The Morgan fingerprint density at radius 2 is 1.76 bits per heavy atom. The zero-order valence-corrected chi connectivity index (χ0v) is 9.93. The van der Waals surface area contributed by atoms with Crippen LogP contribution < -0.4 is 4.74 Å². The number of hydrogen-bond acceptors (Lipinski definition) is 1. The van der Waals surface area contributed by atoms with Gasteiger partial charge in [-0.1, -0.05) is 12.7 Å². The van der Waals surface area contributed by atoms with Crippen LogP contribution in [-0.4, -0.2) is 5.60 Å². The lowest BCUT2D eigenvalue weighted by Gasteiger charge is -2.26. The Hall–Kier alpha value is -1.38. The molecule has 1 aromatic rings. The maximum absolute atomic E-state index is 13.7. The molecular formula is C14H16F2O. The zero-order valence-electron chi connectivity index (χ0n) is 9.93. The molecule has 1 fully saturated rings. The van der Waals surface area contributed by atoms with Gasteiger partial charge in [-0.25, -0.2) is 8.78 Å². The maximum atomic E-state index is 13.7. The summed E-state index contributed by atoms with van der Waals surface area (Å²) < 4.78 is 33.0. The summed E-state index contributed by atoms with van der Waals surface area (Å²) in [6, 6.07) is 2.48. The van der Waals surface area contributed by atoms with Crippen molar-refractivity contribution in [3.8, 4) is 5.75 Å². The van der Waals surface area contributed by atoms with Crippen LogP contribution in [0.4, 0.5) is 8.78 Å². The van der Waals surface area contributed by atoms with Crippen molar-refractivity contribution in [2.75, 3.05) is 0 Å². The highest BCUT2D eigenvalue weighted by Gasteiger charge is 2.32. The number of rotatable bonds is 3. The van der Waals surface area contributed by atoms with Crippen LogP contribution in [0.2, 0.25) is 0 Å². The quantitative estimate of drug-likeness (QED) is 0.762. The van der Waals surface area contributed by atoms with E-state index in [0.29, 0.717) is 5.56 Å². The molecule has 3 heteroatoms. The van der Waals surface area contributed by atoms with E-state index in [-0.39, 0.29) is 5.75 Å². The van der Waals surface area contributed by atoms with E-state index in [1.165, 1.54) is 18.2 Å². The first kappa shape index (κ1) is 12.1. The van der Waals surface area contributed by atoms with Gasteiger partial charge in [-0.15, -0.1) is 0 Å². The molecule has 92 valence electrons. The third-order valence-corrected chi connectivity index (χ3v) is 3.27. The van der Waals surface area contributed by atoms with Crippen molar-refractivity contribution < 1.29 is 13.5 Å². The van der Waals surface area contributed by atoms with E-state index in [9.17, 15) is 8.78 Å². The first-order valence-corrected chi connectivity index (χ1v) is 5.84. The number of ether oxygens (including phenoxy) is 1. The molecule has 0 atom stereocenters. The minimum absolute atomic E-state index is 0.264. The second kappa shape index (κ2) is 4.47. The van der Waals surface area contributed by atoms with Crippen molar-refractivity contribution in [3.05, 3.63) is 35.9 Å². The standard InChI is InChI=1S/C14H16F2O/c1-3-10-8-11(15)13(12(16)9-10)17-14(2)6-4-5-7-14/h3,8-9H,1,4-7H2,2H3. The minimum Gasteiger partial charge on any atom is -0.481 e. The lowest BCUT2D eigenvalue weighted by molar-refractivity contribution is 0.0856. The predicted molar refractivity (Wildman–Crippen MR) is 64.0 cm³/mol. The second-order valence-corrected chi connectivity index (χ2v) is 4.78. The van der Waals surface area contributed by atoms with Crippen molar-refractivity contribution in [1.82, 2.24) is 0 Å². The van der Waals surface area contributed by atoms with E-state index in [1.807, 2.05) is 6.92 Å². The van der Waals surface area contributed by atoms with Crippen LogP contribution >= 0.6 is 0 Å². The summed E-state index contributed by atoms with van der Waals surface area (Å²) in [5.41, 5.74) is -0.0129. The molecule has 0 aliphatic heterocycles. The smallest absolute Gasteiger partial charge is 0.191 e. The van der Waals surface area contributed by atoms with Crippen molar-refractivity contribution in [1.29, 1.82) is 0 Å². The highest BCUT2D eigenvalue weighted by atomic mass is 19.1. The highest BCUT2D eigenvalue weighted by molar-refractivity contribution is 5.49. The van der Waals surface area contributed by atoms with Gasteiger partial charge in [-0.05, 0) is 50.3 Å². The van der Waals surface area contributed by atoms with Crippen LogP contribution in [0.15, 0.2) is 18.7 Å². The van der Waals surface area contributed by atoms with E-state index in [0.717, 1.165) is 25.7 Å². The van der Waals surface area contributed by atoms with E-state index >= 15 is 0 Å². The molecule has 1 saturated carbocycles. The third-order valence-electron chi connectivity index (χ3n) is 3.27. The van der Waals surface area contributed by atoms with Gasteiger partial charge in [0.1, 0.15) is 5.60 Å². The molecule has 0 unspecified atom stereocenters. The summed E-state index contributed by atoms with van der Waals surface area (Å²) in [6.45, 7) is 5.39. The fourth-order valence-corrected chi connectivity index (χ4v) is 2.27. The molecule has 0 amide bonds. The monoisotopic (exact) mass is 238 g/mol. The van der Waals surface area contributed by atoms with Crippen molar-refractivity contribution in [2.24, 2.45) is 0 Å². The molecule has 1 aliphatic rings. The van der Waals surface area contributed by atoms with E-state index in [2.05, 4.69) is 6.58 Å². The van der Waals surface area contributed by atoms with Gasteiger partial charge >= 0.3 is 0 Å². The Bertz CT molecular complexity index is 411. The van der Waals surface area contributed by atoms with Gasteiger partial charge in [0.25, 0.3) is 0 Å². The lowest BCUT2D eigenvalue weighted by atomic mass is 10.1. The van der Waals surface area contributed by atoms with Crippen LogP contribution in [0.5, 0.6) is 5.75 Å². The molecule has 0 heterocycles. The molecule has 2 rings (SSSR count). The Labute approximate surface area is 100 Å². The summed E-state index contributed by atoms with van der Waals surface area (Å²) in [5.74, 6) is -1.58. The largest absolute Gasteiger partial charge is 0.481 e. The maximum Gasteiger partial charge on any atom is 0.191 e. The summed E-state index contributed by atoms with van der Waals surface area (Å²) in [5, 5.41) is 0. The molecule has 1 aromatic carbocycles. The molecule has 1 aliphatic carbocycles. The average Bonchev–Trinajstić information content (AvgIpc) is 2.70. The topological polar surface area (TPSA) is 9.23 Å². The minimum atomic E-state index is -0.659. The molecule has 0 spiro atoms. The van der Waals surface area contributed by atoms with Crippen LogP contribution in [0, 0.1) is 11.6 Å². The van der Waals surface area contributed by atoms with Crippen LogP contribution in [0.25, 0.3) is 6.08 Å². The highest BCUT2D eigenvalue weighted by Crippen LogP contribution is 2.36. The van der Waals surface area contributed by atoms with E-state index in [1.54, 1.807) is 0 Å². The van der Waals surface area contributed by atoms with Gasteiger partial charge in [0, 0.05) is 0 Å². The Morgan fingerprint density at radius 3 is 2.24 bits per heavy atom. The normalized spacial score (nSPS) is 18.1. The second-order valence-electron chi connectivity index (χ2n) is 4.78. The molecule has 17 heavy (non-hydrogen) atoms. The van der Waals surface area contributed by atoms with Crippen LogP contribution in [-0.2, 0) is 0 Å². The summed E-state index contributed by atoms with van der Waals surface area (Å²) in [4.78, 5) is 0. The van der Waals surface area contributed by atoms with Gasteiger partial charge in [-0.3, -0.25) is 0 Å². The SMILES string of the molecule is C=Cc1cc(F)c(OC2(C)CCCC2)c(F)c1. The zero-order chi connectivity index (χ0) is 12.5. The Kier molecular flexibility index (Phi) is 3.18. The van der Waals surface area contributed by atoms with Gasteiger partial charge in [0.2, 0.25) is 0 Å². The number of halogens is 2. The van der Waals surface area contributed by atoms with Crippen molar-refractivity contribution in [3.63, 3.8) is 0 Å². The molecule has 0 saturated heterocycles. The fourth-order valence-electron chi connectivity index (χ4n) is 2.27. The van der Waals surface area contributed by atoms with Crippen LogP contribution in [0.3, 0.4) is 0 Å². The summed E-state index contributed by atoms with van der Waals surface area (Å²) >= 11 is 0. The van der Waals surface area contributed by atoms with Crippen LogP contribution in [0.1, 0.15) is 38.2 Å². The van der Waals surface area contributed by atoms with E-state index < -0.39 is 17.2 Å². The Morgan fingerprint density at radius 1 is 1.24 bits per heavy atom. The lowest BCUT2D eigenvalue weighted by Crippen LogP contribution is -2.29. The number of hydrogen-bond donors (Lipinski definition) is 0. The van der Waals surface area contributed by atoms with Crippen molar-refractivity contribution in [2.45, 2.75) is 38.2 Å². The van der Waals surface area contributed by atoms with Crippen molar-refractivity contribution >= 4 is 6.08 Å². The molecule has 0 aromatic heterocycles. The fraction of sp³-hybridized carbons (Fsp3) is 0.429.